The quantitative estimate of drug-likeness (QED) is 0.864. The van der Waals surface area contributed by atoms with E-state index < -0.39 is 0 Å². The number of thiophene rings is 1. The number of rotatable bonds is 3. The molecular formula is C10H9BrClN3S. The van der Waals surface area contributed by atoms with Crippen molar-refractivity contribution in [2.45, 2.75) is 25.3 Å². The SMILES string of the molecule is Clc1nnc(C2CC2)n1Cc1ccc(Br)s1. The number of halogens is 2. The normalized spacial score (nSPS) is 15.6. The minimum absolute atomic E-state index is 0.492. The highest BCUT2D eigenvalue weighted by molar-refractivity contribution is 9.11. The topological polar surface area (TPSA) is 30.7 Å². The van der Waals surface area contributed by atoms with E-state index in [2.05, 4.69) is 38.3 Å². The lowest BCUT2D eigenvalue weighted by atomic mass is 10.4. The first-order chi connectivity index (χ1) is 7.74. The molecule has 0 saturated heterocycles. The largest absolute Gasteiger partial charge is 0.296 e. The molecule has 1 saturated carbocycles. The van der Waals surface area contributed by atoms with Gasteiger partial charge in [0.25, 0.3) is 0 Å². The summed E-state index contributed by atoms with van der Waals surface area (Å²) in [4.78, 5) is 1.26. The van der Waals surface area contributed by atoms with Crippen LogP contribution in [0.25, 0.3) is 0 Å². The zero-order valence-electron chi connectivity index (χ0n) is 8.36. The molecule has 3 nitrogen and oxygen atoms in total. The van der Waals surface area contributed by atoms with E-state index in [9.17, 15) is 0 Å². The van der Waals surface area contributed by atoms with Gasteiger partial charge in [0.2, 0.25) is 5.28 Å². The molecule has 0 unspecified atom stereocenters. The maximum atomic E-state index is 6.06. The Labute approximate surface area is 111 Å². The minimum Gasteiger partial charge on any atom is -0.296 e. The monoisotopic (exact) mass is 317 g/mol. The molecule has 2 aromatic heterocycles. The Morgan fingerprint density at radius 2 is 2.25 bits per heavy atom. The molecule has 3 rings (SSSR count). The number of hydrogen-bond acceptors (Lipinski definition) is 3. The molecule has 0 bridgehead atoms. The van der Waals surface area contributed by atoms with Gasteiger partial charge in [-0.25, -0.2) is 0 Å². The van der Waals surface area contributed by atoms with Crippen molar-refractivity contribution >= 4 is 38.9 Å². The third kappa shape index (κ3) is 2.04. The van der Waals surface area contributed by atoms with Crippen molar-refractivity contribution in [2.24, 2.45) is 0 Å². The Hall–Kier alpha value is -0.390. The van der Waals surface area contributed by atoms with Crippen LogP contribution in [0, 0.1) is 0 Å². The molecule has 1 aliphatic carbocycles. The molecule has 2 heterocycles. The average Bonchev–Trinajstić information content (AvgIpc) is 2.93. The predicted molar refractivity (Wildman–Crippen MR) is 68.1 cm³/mol. The van der Waals surface area contributed by atoms with Gasteiger partial charge in [0.05, 0.1) is 10.3 Å². The van der Waals surface area contributed by atoms with Crippen molar-refractivity contribution in [2.75, 3.05) is 0 Å². The molecule has 6 heteroatoms. The lowest BCUT2D eigenvalue weighted by molar-refractivity contribution is 0.735. The maximum Gasteiger partial charge on any atom is 0.225 e. The molecule has 0 aromatic carbocycles. The molecule has 16 heavy (non-hydrogen) atoms. The van der Waals surface area contributed by atoms with Gasteiger partial charge in [-0.15, -0.1) is 21.5 Å². The lowest BCUT2D eigenvalue weighted by Crippen LogP contribution is -2.03. The molecular weight excluding hydrogens is 310 g/mol. The molecule has 0 aliphatic heterocycles. The predicted octanol–water partition coefficient (Wildman–Crippen LogP) is 3.68. The molecule has 84 valence electrons. The second-order valence-corrected chi connectivity index (χ2v) is 6.78. The van der Waals surface area contributed by atoms with Gasteiger partial charge in [0.1, 0.15) is 5.82 Å². The van der Waals surface area contributed by atoms with Crippen LogP contribution in [0.15, 0.2) is 15.9 Å². The Morgan fingerprint density at radius 1 is 1.44 bits per heavy atom. The third-order valence-corrected chi connectivity index (χ3v) is 4.51. The first-order valence-corrected chi connectivity index (χ1v) is 7.05. The van der Waals surface area contributed by atoms with Gasteiger partial charge in [0, 0.05) is 10.8 Å². The summed E-state index contributed by atoms with van der Waals surface area (Å²) in [5.74, 6) is 1.61. The standard InChI is InChI=1S/C10H9BrClN3S/c11-8-4-3-7(16-8)5-15-9(6-1-2-6)13-14-10(15)12/h3-4,6H,1-2,5H2. The second-order valence-electron chi connectivity index (χ2n) is 3.89. The average molecular weight is 319 g/mol. The summed E-state index contributed by atoms with van der Waals surface area (Å²) in [5.41, 5.74) is 0. The zero-order chi connectivity index (χ0) is 11.1. The second kappa shape index (κ2) is 4.13. The highest BCUT2D eigenvalue weighted by Crippen LogP contribution is 2.40. The summed E-state index contributed by atoms with van der Waals surface area (Å²) in [5, 5.41) is 8.60. The molecule has 0 radical (unpaired) electrons. The fourth-order valence-corrected chi connectivity index (χ4v) is 3.33. The molecule has 0 N–H and O–H groups in total. The smallest absolute Gasteiger partial charge is 0.225 e. The van der Waals surface area contributed by atoms with Crippen molar-refractivity contribution in [1.29, 1.82) is 0 Å². The maximum absolute atomic E-state index is 6.06. The van der Waals surface area contributed by atoms with Crippen molar-refractivity contribution < 1.29 is 0 Å². The lowest BCUT2D eigenvalue weighted by Gasteiger charge is -2.04. The Bertz CT molecular complexity index is 518. The van der Waals surface area contributed by atoms with Gasteiger partial charge in [-0.05, 0) is 52.5 Å². The van der Waals surface area contributed by atoms with Gasteiger partial charge in [0.15, 0.2) is 0 Å². The highest BCUT2D eigenvalue weighted by atomic mass is 79.9. The van der Waals surface area contributed by atoms with Gasteiger partial charge >= 0.3 is 0 Å². The third-order valence-electron chi connectivity index (χ3n) is 2.62. The highest BCUT2D eigenvalue weighted by Gasteiger charge is 2.30. The van der Waals surface area contributed by atoms with E-state index in [1.807, 2.05) is 4.57 Å². The fourth-order valence-electron chi connectivity index (χ4n) is 1.68. The van der Waals surface area contributed by atoms with Crippen LogP contribution in [0.2, 0.25) is 5.28 Å². The van der Waals surface area contributed by atoms with Crippen LogP contribution in [0.4, 0.5) is 0 Å². The Kier molecular flexibility index (Phi) is 2.77. The summed E-state index contributed by atoms with van der Waals surface area (Å²) >= 11 is 11.2. The minimum atomic E-state index is 0.492. The van der Waals surface area contributed by atoms with Crippen LogP contribution in [-0.2, 0) is 6.54 Å². The zero-order valence-corrected chi connectivity index (χ0v) is 11.5. The van der Waals surface area contributed by atoms with E-state index in [0.717, 1.165) is 16.2 Å². The van der Waals surface area contributed by atoms with E-state index in [1.54, 1.807) is 11.3 Å². The van der Waals surface area contributed by atoms with Crippen LogP contribution in [0.3, 0.4) is 0 Å². The molecule has 0 atom stereocenters. The number of nitrogens with zero attached hydrogens (tertiary/aromatic N) is 3. The van der Waals surface area contributed by atoms with Crippen molar-refractivity contribution in [1.82, 2.24) is 14.8 Å². The first-order valence-electron chi connectivity index (χ1n) is 5.07. The molecule has 1 fully saturated rings. The molecule has 0 spiro atoms. The fraction of sp³-hybridized carbons (Fsp3) is 0.400. The van der Waals surface area contributed by atoms with Crippen molar-refractivity contribution in [3.05, 3.63) is 31.9 Å². The molecule has 1 aliphatic rings. The van der Waals surface area contributed by atoms with Gasteiger partial charge < -0.3 is 0 Å². The first kappa shape index (κ1) is 10.7. The van der Waals surface area contributed by atoms with E-state index >= 15 is 0 Å². The van der Waals surface area contributed by atoms with Crippen LogP contribution in [-0.4, -0.2) is 14.8 Å². The van der Waals surface area contributed by atoms with Crippen LogP contribution >= 0.6 is 38.9 Å². The van der Waals surface area contributed by atoms with Crippen LogP contribution < -0.4 is 0 Å². The summed E-state index contributed by atoms with van der Waals surface area (Å²) in [6, 6.07) is 4.15. The summed E-state index contributed by atoms with van der Waals surface area (Å²) < 4.78 is 3.15. The number of hydrogen-bond donors (Lipinski definition) is 0. The van der Waals surface area contributed by atoms with Crippen molar-refractivity contribution in [3.63, 3.8) is 0 Å². The van der Waals surface area contributed by atoms with Gasteiger partial charge in [-0.2, -0.15) is 0 Å². The summed E-state index contributed by atoms with van der Waals surface area (Å²) in [6.07, 6.45) is 2.42. The van der Waals surface area contributed by atoms with E-state index in [0.29, 0.717) is 11.2 Å². The molecule has 2 aromatic rings. The van der Waals surface area contributed by atoms with Gasteiger partial charge in [-0.1, -0.05) is 0 Å². The summed E-state index contributed by atoms with van der Waals surface area (Å²) in [6.45, 7) is 0.772. The van der Waals surface area contributed by atoms with Crippen LogP contribution in [0.5, 0.6) is 0 Å². The van der Waals surface area contributed by atoms with E-state index in [4.69, 9.17) is 11.6 Å². The Morgan fingerprint density at radius 3 is 2.88 bits per heavy atom. The summed E-state index contributed by atoms with van der Waals surface area (Å²) in [7, 11) is 0. The van der Waals surface area contributed by atoms with Gasteiger partial charge in [-0.3, -0.25) is 4.57 Å². The van der Waals surface area contributed by atoms with E-state index in [-0.39, 0.29) is 0 Å². The van der Waals surface area contributed by atoms with Crippen molar-refractivity contribution in [3.8, 4) is 0 Å². The van der Waals surface area contributed by atoms with E-state index in [1.165, 1.54) is 17.7 Å². The molecule has 0 amide bonds. The van der Waals surface area contributed by atoms with Crippen LogP contribution in [0.1, 0.15) is 29.5 Å². The number of aromatic nitrogens is 3. The Balaban J connectivity index is 1.90.